The van der Waals surface area contributed by atoms with Crippen molar-refractivity contribution >= 4 is 5.57 Å². The van der Waals surface area contributed by atoms with Crippen molar-refractivity contribution in [2.45, 2.75) is 19.8 Å². The molecule has 0 aliphatic heterocycles. The summed E-state index contributed by atoms with van der Waals surface area (Å²) in [6.07, 6.45) is 8.58. The Labute approximate surface area is 84.4 Å². The Bertz CT molecular complexity index is 400. The third-order valence-electron chi connectivity index (χ3n) is 2.46. The van der Waals surface area contributed by atoms with Gasteiger partial charge in [0, 0.05) is 5.56 Å². The lowest BCUT2D eigenvalue weighted by atomic mass is 9.97. The molecule has 0 fully saturated rings. The molecule has 0 atom stereocenters. The number of phenolic OH excluding ortho intramolecular Hbond substituents is 1. The highest BCUT2D eigenvalue weighted by Gasteiger charge is 2.06. The van der Waals surface area contributed by atoms with Gasteiger partial charge in [0.1, 0.15) is 5.75 Å². The molecule has 1 aliphatic carbocycles. The molecule has 2 rings (SSSR count). The molecule has 1 nitrogen and oxygen atoms in total. The fourth-order valence-corrected chi connectivity index (χ4v) is 1.69. The zero-order valence-corrected chi connectivity index (χ0v) is 8.33. The lowest BCUT2D eigenvalue weighted by Gasteiger charge is -2.09. The van der Waals surface area contributed by atoms with Crippen LogP contribution < -0.4 is 0 Å². The predicted molar refractivity (Wildman–Crippen MR) is 59.2 cm³/mol. The number of aryl methyl sites for hydroxylation is 1. The first kappa shape index (κ1) is 9.07. The summed E-state index contributed by atoms with van der Waals surface area (Å²) < 4.78 is 0. The Balaban J connectivity index is 2.44. The maximum absolute atomic E-state index is 9.71. The van der Waals surface area contributed by atoms with Gasteiger partial charge in [0.15, 0.2) is 0 Å². The number of aromatic hydroxyl groups is 1. The van der Waals surface area contributed by atoms with Crippen molar-refractivity contribution in [1.29, 1.82) is 0 Å². The molecule has 0 heterocycles. The fourth-order valence-electron chi connectivity index (χ4n) is 1.69. The van der Waals surface area contributed by atoms with E-state index in [1.54, 1.807) is 6.07 Å². The molecule has 0 aromatic heterocycles. The van der Waals surface area contributed by atoms with Crippen LogP contribution in [0.2, 0.25) is 0 Å². The number of phenols is 1. The van der Waals surface area contributed by atoms with Crippen molar-refractivity contribution in [3.05, 3.63) is 47.6 Å². The number of allylic oxidation sites excluding steroid dienone is 4. The molecular weight excluding hydrogens is 172 g/mol. The van der Waals surface area contributed by atoms with Gasteiger partial charge in [-0.05, 0) is 37.5 Å². The zero-order chi connectivity index (χ0) is 9.97. The smallest absolute Gasteiger partial charge is 0.123 e. The highest BCUT2D eigenvalue weighted by atomic mass is 16.3. The van der Waals surface area contributed by atoms with Gasteiger partial charge in [-0.3, -0.25) is 0 Å². The Kier molecular flexibility index (Phi) is 2.40. The van der Waals surface area contributed by atoms with E-state index in [-0.39, 0.29) is 0 Å². The van der Waals surface area contributed by atoms with Crippen LogP contribution in [0, 0.1) is 6.92 Å². The van der Waals surface area contributed by atoms with Gasteiger partial charge in [0.05, 0.1) is 0 Å². The molecule has 1 aromatic carbocycles. The average Bonchev–Trinajstić information content (AvgIpc) is 2.23. The first-order valence-electron chi connectivity index (χ1n) is 4.94. The molecule has 0 saturated carbocycles. The zero-order valence-electron chi connectivity index (χ0n) is 8.33. The van der Waals surface area contributed by atoms with E-state index in [0.717, 1.165) is 24.0 Å². The van der Waals surface area contributed by atoms with E-state index in [2.05, 4.69) is 18.2 Å². The lowest BCUT2D eigenvalue weighted by Crippen LogP contribution is -1.87. The molecule has 0 radical (unpaired) electrons. The summed E-state index contributed by atoms with van der Waals surface area (Å²) in [5.41, 5.74) is 3.26. The summed E-state index contributed by atoms with van der Waals surface area (Å²) in [6.45, 7) is 2.04. The van der Waals surface area contributed by atoms with E-state index in [4.69, 9.17) is 0 Å². The van der Waals surface area contributed by atoms with Gasteiger partial charge < -0.3 is 5.11 Å². The molecular formula is C13H14O. The van der Waals surface area contributed by atoms with Crippen LogP contribution in [0.5, 0.6) is 5.75 Å². The van der Waals surface area contributed by atoms with Crippen LogP contribution in [-0.2, 0) is 0 Å². The molecule has 0 unspecified atom stereocenters. The summed E-state index contributed by atoms with van der Waals surface area (Å²) in [6, 6.07) is 5.71. The molecule has 1 aliphatic rings. The summed E-state index contributed by atoms with van der Waals surface area (Å²) in [5, 5.41) is 9.71. The normalized spacial score (nSPS) is 15.4. The standard InChI is InChI=1S/C13H14O/c1-10-7-8-13(14)12(9-10)11-5-3-2-4-6-11/h3,5-9,14H,2,4H2,1H3. The van der Waals surface area contributed by atoms with Crippen LogP contribution in [0.4, 0.5) is 0 Å². The number of hydrogen-bond donors (Lipinski definition) is 1. The second kappa shape index (κ2) is 3.70. The van der Waals surface area contributed by atoms with E-state index < -0.39 is 0 Å². The number of benzene rings is 1. The molecule has 0 spiro atoms. The van der Waals surface area contributed by atoms with E-state index in [0.29, 0.717) is 5.75 Å². The molecule has 0 amide bonds. The van der Waals surface area contributed by atoms with Gasteiger partial charge in [-0.2, -0.15) is 0 Å². The second-order valence-corrected chi connectivity index (χ2v) is 3.66. The Morgan fingerprint density at radius 2 is 2.07 bits per heavy atom. The predicted octanol–water partition coefficient (Wildman–Crippen LogP) is 3.43. The fraction of sp³-hybridized carbons (Fsp3) is 0.231. The maximum atomic E-state index is 9.71. The quantitative estimate of drug-likeness (QED) is 0.712. The summed E-state index contributed by atoms with van der Waals surface area (Å²) in [7, 11) is 0. The van der Waals surface area contributed by atoms with Crippen molar-refractivity contribution < 1.29 is 5.11 Å². The van der Waals surface area contributed by atoms with Crippen LogP contribution in [-0.4, -0.2) is 5.11 Å². The maximum Gasteiger partial charge on any atom is 0.123 e. The Hall–Kier alpha value is -1.50. The van der Waals surface area contributed by atoms with Gasteiger partial charge in [0.25, 0.3) is 0 Å². The van der Waals surface area contributed by atoms with E-state index >= 15 is 0 Å². The van der Waals surface area contributed by atoms with E-state index in [1.807, 2.05) is 19.1 Å². The summed E-state index contributed by atoms with van der Waals surface area (Å²) in [4.78, 5) is 0. The van der Waals surface area contributed by atoms with Crippen LogP contribution >= 0.6 is 0 Å². The van der Waals surface area contributed by atoms with Crippen molar-refractivity contribution in [2.75, 3.05) is 0 Å². The van der Waals surface area contributed by atoms with Crippen LogP contribution in [0.3, 0.4) is 0 Å². The molecule has 14 heavy (non-hydrogen) atoms. The third kappa shape index (κ3) is 1.72. The van der Waals surface area contributed by atoms with Crippen molar-refractivity contribution in [3.63, 3.8) is 0 Å². The van der Waals surface area contributed by atoms with Crippen molar-refractivity contribution in [1.82, 2.24) is 0 Å². The monoisotopic (exact) mass is 186 g/mol. The summed E-state index contributed by atoms with van der Waals surface area (Å²) >= 11 is 0. The average molecular weight is 186 g/mol. The topological polar surface area (TPSA) is 20.2 Å². The lowest BCUT2D eigenvalue weighted by molar-refractivity contribution is 0.473. The molecule has 1 N–H and O–H groups in total. The Morgan fingerprint density at radius 3 is 2.79 bits per heavy atom. The van der Waals surface area contributed by atoms with E-state index in [9.17, 15) is 5.11 Å². The van der Waals surface area contributed by atoms with Gasteiger partial charge in [0.2, 0.25) is 0 Å². The highest BCUT2D eigenvalue weighted by molar-refractivity contribution is 5.78. The first-order valence-corrected chi connectivity index (χ1v) is 4.94. The SMILES string of the molecule is Cc1ccc(O)c(C2=CCCC=C2)c1. The number of rotatable bonds is 1. The van der Waals surface area contributed by atoms with E-state index in [1.165, 1.54) is 5.56 Å². The summed E-state index contributed by atoms with van der Waals surface area (Å²) in [5.74, 6) is 0.369. The third-order valence-corrected chi connectivity index (χ3v) is 2.46. The number of hydrogen-bond acceptors (Lipinski definition) is 1. The molecule has 0 saturated heterocycles. The first-order chi connectivity index (χ1) is 6.77. The van der Waals surface area contributed by atoms with Crippen LogP contribution in [0.1, 0.15) is 24.0 Å². The van der Waals surface area contributed by atoms with Gasteiger partial charge in [-0.25, -0.2) is 0 Å². The Morgan fingerprint density at radius 1 is 1.21 bits per heavy atom. The molecule has 1 aromatic rings. The molecule has 1 heteroatoms. The second-order valence-electron chi connectivity index (χ2n) is 3.66. The highest BCUT2D eigenvalue weighted by Crippen LogP contribution is 2.29. The van der Waals surface area contributed by atoms with Crippen LogP contribution in [0.25, 0.3) is 5.57 Å². The van der Waals surface area contributed by atoms with Crippen molar-refractivity contribution in [2.24, 2.45) is 0 Å². The van der Waals surface area contributed by atoms with Crippen molar-refractivity contribution in [3.8, 4) is 5.75 Å². The minimum atomic E-state index is 0.369. The molecule has 0 bridgehead atoms. The minimum absolute atomic E-state index is 0.369. The van der Waals surface area contributed by atoms with Crippen LogP contribution in [0.15, 0.2) is 36.4 Å². The van der Waals surface area contributed by atoms with Gasteiger partial charge in [-0.15, -0.1) is 0 Å². The van der Waals surface area contributed by atoms with Gasteiger partial charge in [-0.1, -0.05) is 29.9 Å². The van der Waals surface area contributed by atoms with Gasteiger partial charge >= 0.3 is 0 Å². The largest absolute Gasteiger partial charge is 0.507 e. The molecule has 72 valence electrons. The minimum Gasteiger partial charge on any atom is -0.507 e.